The van der Waals surface area contributed by atoms with Crippen LogP contribution in [0.15, 0.2) is 28.7 Å². The van der Waals surface area contributed by atoms with Gasteiger partial charge in [0, 0.05) is 23.1 Å². The van der Waals surface area contributed by atoms with Crippen LogP contribution in [0, 0.1) is 0 Å². The first-order valence-corrected chi connectivity index (χ1v) is 8.73. The van der Waals surface area contributed by atoms with Gasteiger partial charge in [-0.2, -0.15) is 0 Å². The van der Waals surface area contributed by atoms with Gasteiger partial charge in [-0.3, -0.25) is 4.90 Å². The lowest BCUT2D eigenvalue weighted by molar-refractivity contribution is 0.189. The highest BCUT2D eigenvalue weighted by atomic mass is 79.9. The first-order valence-electron chi connectivity index (χ1n) is 7.93. The fourth-order valence-electron chi connectivity index (χ4n) is 2.98. The highest BCUT2D eigenvalue weighted by Gasteiger charge is 2.22. The fraction of sp³-hybridized carbons (Fsp3) is 0.647. The summed E-state index contributed by atoms with van der Waals surface area (Å²) in [6.07, 6.45) is 5.20. The summed E-state index contributed by atoms with van der Waals surface area (Å²) in [5, 5.41) is 3.63. The molecule has 0 aliphatic carbocycles. The Bertz CT molecular complexity index is 402. The molecule has 0 bridgehead atoms. The summed E-state index contributed by atoms with van der Waals surface area (Å²) < 4.78 is 1.18. The number of hydrogen-bond acceptors (Lipinski definition) is 2. The smallest absolute Gasteiger partial charge is 0.0320 e. The van der Waals surface area contributed by atoms with Crippen molar-refractivity contribution in [3.8, 4) is 0 Å². The van der Waals surface area contributed by atoms with Crippen molar-refractivity contribution < 1.29 is 0 Å². The number of unbranched alkanes of at least 4 members (excludes halogenated alkanes) is 1. The van der Waals surface area contributed by atoms with Crippen molar-refractivity contribution in [1.29, 1.82) is 0 Å². The summed E-state index contributed by atoms with van der Waals surface area (Å²) in [6.45, 7) is 8.18. The molecule has 0 saturated carbocycles. The maximum atomic E-state index is 3.63. The van der Waals surface area contributed by atoms with Crippen molar-refractivity contribution in [2.75, 3.05) is 19.6 Å². The maximum absolute atomic E-state index is 3.63. The van der Waals surface area contributed by atoms with Crippen LogP contribution in [0.2, 0.25) is 0 Å². The van der Waals surface area contributed by atoms with E-state index in [0.717, 1.165) is 0 Å². The Balaban J connectivity index is 2.03. The van der Waals surface area contributed by atoms with Gasteiger partial charge in [-0.25, -0.2) is 0 Å². The molecule has 0 spiro atoms. The fourth-order valence-corrected chi connectivity index (χ4v) is 3.39. The van der Waals surface area contributed by atoms with E-state index < -0.39 is 0 Å². The zero-order chi connectivity index (χ0) is 14.4. The van der Waals surface area contributed by atoms with Crippen LogP contribution in [-0.2, 0) is 0 Å². The Labute approximate surface area is 132 Å². The van der Waals surface area contributed by atoms with E-state index in [1.54, 1.807) is 0 Å². The molecule has 1 saturated heterocycles. The number of hydrogen-bond donors (Lipinski definition) is 1. The molecule has 20 heavy (non-hydrogen) atoms. The minimum absolute atomic E-state index is 0.487. The number of nitrogens with zero attached hydrogens (tertiary/aromatic N) is 1. The van der Waals surface area contributed by atoms with E-state index in [1.807, 2.05) is 0 Å². The lowest BCUT2D eigenvalue weighted by Gasteiger charge is -2.32. The molecule has 1 aliphatic rings. The van der Waals surface area contributed by atoms with Gasteiger partial charge < -0.3 is 5.32 Å². The lowest BCUT2D eigenvalue weighted by Crippen LogP contribution is -2.39. The molecule has 1 aromatic rings. The second-order valence-electron chi connectivity index (χ2n) is 5.87. The van der Waals surface area contributed by atoms with Gasteiger partial charge in [0.25, 0.3) is 0 Å². The molecule has 1 aromatic carbocycles. The SMILES string of the molecule is CCCCN(CC1CCCN1)C(C)c1cccc(Br)c1. The molecule has 0 radical (unpaired) electrons. The first kappa shape index (κ1) is 16.0. The summed E-state index contributed by atoms with van der Waals surface area (Å²) in [7, 11) is 0. The lowest BCUT2D eigenvalue weighted by atomic mass is 10.1. The van der Waals surface area contributed by atoms with Crippen LogP contribution in [0.5, 0.6) is 0 Å². The van der Waals surface area contributed by atoms with Gasteiger partial charge in [0.05, 0.1) is 0 Å². The summed E-state index contributed by atoms with van der Waals surface area (Å²) in [5.74, 6) is 0. The molecule has 2 nitrogen and oxygen atoms in total. The van der Waals surface area contributed by atoms with Crippen LogP contribution in [-0.4, -0.2) is 30.6 Å². The molecule has 1 fully saturated rings. The first-order chi connectivity index (χ1) is 9.70. The normalized spacial score (nSPS) is 20.5. The third-order valence-corrected chi connectivity index (χ3v) is 4.79. The molecule has 1 aliphatic heterocycles. The second kappa shape index (κ2) is 8.16. The zero-order valence-electron chi connectivity index (χ0n) is 12.7. The highest BCUT2D eigenvalue weighted by Crippen LogP contribution is 2.24. The Hall–Kier alpha value is -0.380. The topological polar surface area (TPSA) is 15.3 Å². The molecule has 112 valence electrons. The molecule has 2 atom stereocenters. The van der Waals surface area contributed by atoms with Gasteiger partial charge in [-0.15, -0.1) is 0 Å². The molecule has 1 heterocycles. The molecule has 2 rings (SSSR count). The van der Waals surface area contributed by atoms with E-state index in [-0.39, 0.29) is 0 Å². The van der Waals surface area contributed by atoms with E-state index in [4.69, 9.17) is 0 Å². The molecule has 0 aromatic heterocycles. The van der Waals surface area contributed by atoms with Crippen molar-refractivity contribution in [2.24, 2.45) is 0 Å². The third-order valence-electron chi connectivity index (χ3n) is 4.29. The molecular formula is C17H27BrN2. The van der Waals surface area contributed by atoms with Crippen molar-refractivity contribution in [1.82, 2.24) is 10.2 Å². The molecule has 3 heteroatoms. The van der Waals surface area contributed by atoms with Crippen LogP contribution in [0.25, 0.3) is 0 Å². The Kier molecular flexibility index (Phi) is 6.53. The number of nitrogens with one attached hydrogen (secondary N) is 1. The third kappa shape index (κ3) is 4.57. The van der Waals surface area contributed by atoms with E-state index in [0.29, 0.717) is 12.1 Å². The van der Waals surface area contributed by atoms with Crippen molar-refractivity contribution in [3.05, 3.63) is 34.3 Å². The van der Waals surface area contributed by atoms with Gasteiger partial charge in [0.1, 0.15) is 0 Å². The quantitative estimate of drug-likeness (QED) is 0.794. The van der Waals surface area contributed by atoms with Gasteiger partial charge >= 0.3 is 0 Å². The molecule has 1 N–H and O–H groups in total. The van der Waals surface area contributed by atoms with E-state index in [1.165, 1.54) is 55.4 Å². The van der Waals surface area contributed by atoms with Crippen LogP contribution < -0.4 is 5.32 Å². The summed E-state index contributed by atoms with van der Waals surface area (Å²) >= 11 is 3.59. The zero-order valence-corrected chi connectivity index (χ0v) is 14.3. The Morgan fingerprint density at radius 3 is 2.95 bits per heavy atom. The molecule has 0 amide bonds. The van der Waals surface area contributed by atoms with Gasteiger partial charge in [0.15, 0.2) is 0 Å². The van der Waals surface area contributed by atoms with E-state index in [9.17, 15) is 0 Å². The van der Waals surface area contributed by atoms with Crippen LogP contribution in [0.1, 0.15) is 51.1 Å². The number of halogens is 1. The predicted molar refractivity (Wildman–Crippen MR) is 90.1 cm³/mol. The van der Waals surface area contributed by atoms with Crippen LogP contribution >= 0.6 is 15.9 Å². The minimum atomic E-state index is 0.487. The monoisotopic (exact) mass is 338 g/mol. The van der Waals surface area contributed by atoms with Gasteiger partial charge in [-0.1, -0.05) is 41.4 Å². The van der Waals surface area contributed by atoms with E-state index >= 15 is 0 Å². The minimum Gasteiger partial charge on any atom is -0.313 e. The summed E-state index contributed by atoms with van der Waals surface area (Å²) in [4.78, 5) is 2.65. The maximum Gasteiger partial charge on any atom is 0.0320 e. The summed E-state index contributed by atoms with van der Waals surface area (Å²) in [6, 6.07) is 9.91. The Morgan fingerprint density at radius 1 is 1.45 bits per heavy atom. The number of benzene rings is 1. The van der Waals surface area contributed by atoms with Gasteiger partial charge in [-0.05, 0) is 57.0 Å². The summed E-state index contributed by atoms with van der Waals surface area (Å²) in [5.41, 5.74) is 1.41. The highest BCUT2D eigenvalue weighted by molar-refractivity contribution is 9.10. The standard InChI is InChI=1S/C17H27BrN2/c1-3-4-11-20(13-17-9-6-10-19-17)14(2)15-7-5-8-16(18)12-15/h5,7-8,12,14,17,19H,3-4,6,9-11,13H2,1-2H3. The van der Waals surface area contributed by atoms with Crippen LogP contribution in [0.4, 0.5) is 0 Å². The Morgan fingerprint density at radius 2 is 2.30 bits per heavy atom. The average Bonchev–Trinajstić information content (AvgIpc) is 2.95. The predicted octanol–water partition coefficient (Wildman–Crippen LogP) is 4.36. The molecule has 2 unspecified atom stereocenters. The van der Waals surface area contributed by atoms with E-state index in [2.05, 4.69) is 64.3 Å². The van der Waals surface area contributed by atoms with Crippen molar-refractivity contribution >= 4 is 15.9 Å². The van der Waals surface area contributed by atoms with Crippen molar-refractivity contribution in [2.45, 2.75) is 51.6 Å². The van der Waals surface area contributed by atoms with Crippen LogP contribution in [0.3, 0.4) is 0 Å². The molecular weight excluding hydrogens is 312 g/mol. The second-order valence-corrected chi connectivity index (χ2v) is 6.79. The largest absolute Gasteiger partial charge is 0.313 e. The van der Waals surface area contributed by atoms with Crippen molar-refractivity contribution in [3.63, 3.8) is 0 Å². The van der Waals surface area contributed by atoms with Gasteiger partial charge in [0.2, 0.25) is 0 Å². The number of rotatable bonds is 7. The average molecular weight is 339 g/mol.